The summed E-state index contributed by atoms with van der Waals surface area (Å²) >= 11 is 3.45. The predicted molar refractivity (Wildman–Crippen MR) is 99.0 cm³/mol. The van der Waals surface area contributed by atoms with Crippen LogP contribution in [0.4, 0.5) is 0 Å². The molecule has 0 heterocycles. The smallest absolute Gasteiger partial charge is 0.210 e. The van der Waals surface area contributed by atoms with Crippen LogP contribution in [0.1, 0.15) is 5.56 Å². The highest BCUT2D eigenvalue weighted by molar-refractivity contribution is 9.10. The van der Waals surface area contributed by atoms with Crippen molar-refractivity contribution in [1.29, 1.82) is 0 Å². The average Bonchev–Trinajstić information content (AvgIpc) is 2.60. The Morgan fingerprint density at radius 2 is 1.60 bits per heavy atom. The van der Waals surface area contributed by atoms with E-state index in [9.17, 15) is 13.5 Å². The zero-order valence-electron chi connectivity index (χ0n) is 13.3. The van der Waals surface area contributed by atoms with E-state index in [2.05, 4.69) is 15.9 Å². The molecule has 0 bridgehead atoms. The van der Waals surface area contributed by atoms with E-state index >= 15 is 0 Å². The van der Waals surface area contributed by atoms with E-state index in [4.69, 9.17) is 4.74 Å². The molecule has 3 aromatic rings. The molecule has 25 heavy (non-hydrogen) atoms. The van der Waals surface area contributed by atoms with Gasteiger partial charge in [0.1, 0.15) is 22.1 Å². The summed E-state index contributed by atoms with van der Waals surface area (Å²) < 4.78 is 32.0. The van der Waals surface area contributed by atoms with E-state index in [1.54, 1.807) is 24.3 Å². The number of sulfone groups is 1. The van der Waals surface area contributed by atoms with Gasteiger partial charge >= 0.3 is 0 Å². The highest BCUT2D eigenvalue weighted by atomic mass is 79.9. The molecular formula is C19H15BrO4S. The van der Waals surface area contributed by atoms with Gasteiger partial charge in [-0.1, -0.05) is 34.1 Å². The Hall–Kier alpha value is -2.31. The summed E-state index contributed by atoms with van der Waals surface area (Å²) in [6.07, 6.45) is 0. The van der Waals surface area contributed by atoms with E-state index in [0.29, 0.717) is 11.5 Å². The second kappa shape index (κ2) is 6.90. The minimum Gasteiger partial charge on any atom is -0.507 e. The number of para-hydroxylation sites is 1. The Labute approximate surface area is 154 Å². The molecular weight excluding hydrogens is 404 g/mol. The summed E-state index contributed by atoms with van der Waals surface area (Å²) in [6, 6.07) is 17.6. The molecule has 3 aromatic carbocycles. The third kappa shape index (κ3) is 3.55. The van der Waals surface area contributed by atoms with Crippen LogP contribution in [0, 0.1) is 6.92 Å². The fourth-order valence-electron chi connectivity index (χ4n) is 2.32. The second-order valence-electron chi connectivity index (χ2n) is 5.41. The van der Waals surface area contributed by atoms with Gasteiger partial charge in [-0.25, -0.2) is 8.42 Å². The molecule has 0 atom stereocenters. The quantitative estimate of drug-likeness (QED) is 0.640. The van der Waals surface area contributed by atoms with Gasteiger partial charge in [0, 0.05) is 10.0 Å². The fraction of sp³-hybridized carbons (Fsp3) is 0.0526. The van der Waals surface area contributed by atoms with Gasteiger partial charge in [0.05, 0.1) is 4.90 Å². The predicted octanol–water partition coefficient (Wildman–Crippen LogP) is 5.09. The lowest BCUT2D eigenvalue weighted by Gasteiger charge is -2.11. The van der Waals surface area contributed by atoms with E-state index in [0.717, 1.165) is 10.0 Å². The van der Waals surface area contributed by atoms with Crippen molar-refractivity contribution in [2.75, 3.05) is 0 Å². The summed E-state index contributed by atoms with van der Waals surface area (Å²) in [7, 11) is -3.79. The first-order chi connectivity index (χ1) is 11.9. The van der Waals surface area contributed by atoms with Crippen LogP contribution in [0.2, 0.25) is 0 Å². The van der Waals surface area contributed by atoms with Gasteiger partial charge in [0.25, 0.3) is 0 Å². The fourth-order valence-corrected chi connectivity index (χ4v) is 4.02. The topological polar surface area (TPSA) is 63.6 Å². The van der Waals surface area contributed by atoms with E-state index < -0.39 is 9.84 Å². The summed E-state index contributed by atoms with van der Waals surface area (Å²) in [6.45, 7) is 1.93. The molecule has 0 spiro atoms. The van der Waals surface area contributed by atoms with Crippen molar-refractivity contribution in [2.45, 2.75) is 16.7 Å². The Balaban J connectivity index is 1.90. The van der Waals surface area contributed by atoms with Crippen molar-refractivity contribution in [2.24, 2.45) is 0 Å². The van der Waals surface area contributed by atoms with Gasteiger partial charge in [-0.15, -0.1) is 0 Å². The van der Waals surface area contributed by atoms with Crippen LogP contribution in [0.15, 0.2) is 81.0 Å². The minimum absolute atomic E-state index is 0.0901. The van der Waals surface area contributed by atoms with Crippen LogP contribution in [0.25, 0.3) is 0 Å². The van der Waals surface area contributed by atoms with E-state index in [-0.39, 0.29) is 15.5 Å². The highest BCUT2D eigenvalue weighted by Gasteiger charge is 2.21. The largest absolute Gasteiger partial charge is 0.507 e. The number of phenols is 1. The first kappa shape index (κ1) is 17.5. The van der Waals surface area contributed by atoms with Gasteiger partial charge in [-0.2, -0.15) is 0 Å². The molecule has 0 amide bonds. The molecule has 0 unspecified atom stereocenters. The number of halogens is 1. The lowest BCUT2D eigenvalue weighted by atomic mass is 10.2. The number of phenolic OH excluding ortho intramolecular Hbond substituents is 1. The molecule has 0 aliphatic carbocycles. The molecule has 0 radical (unpaired) electrons. The Kier molecular flexibility index (Phi) is 4.83. The standard InChI is InChI=1S/C19H15BrO4S/c1-13-16(20)5-4-7-18(13)24-14-9-11-15(12-10-14)25(22,23)19-8-3-2-6-17(19)21/h2-12,21H,1H3. The molecule has 3 rings (SSSR count). The number of hydrogen-bond acceptors (Lipinski definition) is 4. The molecule has 4 nitrogen and oxygen atoms in total. The number of ether oxygens (including phenoxy) is 1. The van der Waals surface area contributed by atoms with E-state index in [1.165, 1.54) is 24.3 Å². The Morgan fingerprint density at radius 1 is 0.920 bits per heavy atom. The maximum Gasteiger partial charge on any atom is 0.210 e. The SMILES string of the molecule is Cc1c(Br)cccc1Oc1ccc(S(=O)(=O)c2ccccc2O)cc1. The summed E-state index contributed by atoms with van der Waals surface area (Å²) in [5.74, 6) is 0.940. The lowest BCUT2D eigenvalue weighted by molar-refractivity contribution is 0.458. The van der Waals surface area contributed by atoms with Crippen molar-refractivity contribution in [3.05, 3.63) is 76.8 Å². The zero-order valence-corrected chi connectivity index (χ0v) is 15.7. The molecule has 0 fully saturated rings. The molecule has 0 aliphatic rings. The third-order valence-electron chi connectivity index (χ3n) is 3.73. The summed E-state index contributed by atoms with van der Waals surface area (Å²) in [5, 5.41) is 9.81. The molecule has 0 aromatic heterocycles. The van der Waals surface area contributed by atoms with Crippen molar-refractivity contribution in [3.63, 3.8) is 0 Å². The molecule has 6 heteroatoms. The summed E-state index contributed by atoms with van der Waals surface area (Å²) in [5.41, 5.74) is 0.952. The van der Waals surface area contributed by atoms with Crippen molar-refractivity contribution >= 4 is 25.8 Å². The highest BCUT2D eigenvalue weighted by Crippen LogP contribution is 2.32. The van der Waals surface area contributed by atoms with Gasteiger partial charge in [0.15, 0.2) is 0 Å². The van der Waals surface area contributed by atoms with Crippen LogP contribution in [-0.4, -0.2) is 13.5 Å². The third-order valence-corrected chi connectivity index (χ3v) is 6.41. The van der Waals surface area contributed by atoms with E-state index in [1.807, 2.05) is 25.1 Å². The Morgan fingerprint density at radius 3 is 2.28 bits per heavy atom. The molecule has 0 aliphatic heterocycles. The number of aromatic hydroxyl groups is 1. The lowest BCUT2D eigenvalue weighted by Crippen LogP contribution is -2.02. The maximum atomic E-state index is 12.6. The van der Waals surface area contributed by atoms with Crippen LogP contribution in [0.5, 0.6) is 17.2 Å². The zero-order chi connectivity index (χ0) is 18.0. The van der Waals surface area contributed by atoms with Gasteiger partial charge in [0.2, 0.25) is 9.84 Å². The first-order valence-corrected chi connectivity index (χ1v) is 9.73. The van der Waals surface area contributed by atoms with Crippen LogP contribution in [-0.2, 0) is 9.84 Å². The van der Waals surface area contributed by atoms with Gasteiger partial charge in [-0.05, 0) is 55.5 Å². The Bertz CT molecular complexity index is 1010. The maximum absolute atomic E-state index is 12.6. The molecule has 1 N–H and O–H groups in total. The summed E-state index contributed by atoms with van der Waals surface area (Å²) in [4.78, 5) is -0.0289. The number of rotatable bonds is 4. The number of benzene rings is 3. The minimum atomic E-state index is -3.79. The normalized spacial score (nSPS) is 11.3. The average molecular weight is 419 g/mol. The first-order valence-electron chi connectivity index (χ1n) is 7.46. The van der Waals surface area contributed by atoms with Crippen molar-refractivity contribution in [1.82, 2.24) is 0 Å². The number of hydrogen-bond donors (Lipinski definition) is 1. The van der Waals surface area contributed by atoms with Crippen molar-refractivity contribution in [3.8, 4) is 17.2 Å². The van der Waals surface area contributed by atoms with Gasteiger partial charge < -0.3 is 9.84 Å². The van der Waals surface area contributed by atoms with Gasteiger partial charge in [-0.3, -0.25) is 0 Å². The van der Waals surface area contributed by atoms with Crippen molar-refractivity contribution < 1.29 is 18.3 Å². The van der Waals surface area contributed by atoms with Crippen LogP contribution in [0.3, 0.4) is 0 Å². The monoisotopic (exact) mass is 418 g/mol. The molecule has 0 saturated heterocycles. The van der Waals surface area contributed by atoms with Crippen LogP contribution < -0.4 is 4.74 Å². The van der Waals surface area contributed by atoms with Crippen LogP contribution >= 0.6 is 15.9 Å². The molecule has 0 saturated carbocycles. The molecule has 128 valence electrons. The second-order valence-corrected chi connectivity index (χ2v) is 8.18.